The van der Waals surface area contributed by atoms with Gasteiger partial charge in [0.1, 0.15) is 0 Å². The van der Waals surface area contributed by atoms with Crippen LogP contribution in [0.25, 0.3) is 10.9 Å². The summed E-state index contributed by atoms with van der Waals surface area (Å²) in [4.78, 5) is 19.7. The minimum atomic E-state index is -0.0501. The van der Waals surface area contributed by atoms with Gasteiger partial charge < -0.3 is 10.3 Å². The number of carbonyl (C=O) groups is 1. The molecule has 0 radical (unpaired) electrons. The van der Waals surface area contributed by atoms with E-state index < -0.39 is 0 Å². The second-order valence-corrected chi connectivity index (χ2v) is 7.49. The van der Waals surface area contributed by atoms with Crippen LogP contribution in [0.1, 0.15) is 17.7 Å². The largest absolute Gasteiger partial charge is 0.361 e. The van der Waals surface area contributed by atoms with Crippen LogP contribution < -0.4 is 5.32 Å². The first kappa shape index (κ1) is 16.6. The molecule has 0 saturated heterocycles. The number of thioether (sulfide) groups is 1. The molecule has 0 aliphatic rings. The zero-order valence-corrected chi connectivity index (χ0v) is 14.8. The quantitative estimate of drug-likeness (QED) is 0.651. The number of aromatic amines is 1. The Morgan fingerprint density at radius 3 is 3.12 bits per heavy atom. The molecule has 0 fully saturated rings. The molecule has 0 bridgehead atoms. The number of nitrogens with zero attached hydrogens (tertiary/aromatic N) is 2. The number of nitrogens with one attached hydrogen (secondary N) is 2. The van der Waals surface area contributed by atoms with Crippen LogP contribution in [0.2, 0.25) is 0 Å². The monoisotopic (exact) mass is 356 g/mol. The van der Waals surface area contributed by atoms with Gasteiger partial charge in [-0.05, 0) is 25.0 Å². The van der Waals surface area contributed by atoms with Gasteiger partial charge in [0, 0.05) is 23.5 Å². The van der Waals surface area contributed by atoms with Crippen molar-refractivity contribution >= 4 is 45.0 Å². The third-order valence-corrected chi connectivity index (χ3v) is 5.87. The van der Waals surface area contributed by atoms with Gasteiger partial charge in [0.05, 0.1) is 21.7 Å². The summed E-state index contributed by atoms with van der Waals surface area (Å²) in [5.74, 6) is 0.336. The Balaban J connectivity index is 1.59. The zero-order valence-electron chi connectivity index (χ0n) is 13.1. The highest BCUT2D eigenvalue weighted by Gasteiger charge is 2.12. The van der Waals surface area contributed by atoms with Crippen molar-refractivity contribution in [2.75, 3.05) is 11.1 Å². The number of nitriles is 1. The molecule has 5 nitrogen and oxygen atoms in total. The van der Waals surface area contributed by atoms with Crippen molar-refractivity contribution < 1.29 is 4.79 Å². The van der Waals surface area contributed by atoms with Gasteiger partial charge in [-0.2, -0.15) is 5.26 Å². The number of aryl methyl sites for hydroxylation is 2. The SMILES string of the molecule is Cc1nc(NC(=O)CCc2c[nH]c3ccccc23)sc1SCC#N. The first-order chi connectivity index (χ1) is 11.7. The van der Waals surface area contributed by atoms with Crippen LogP contribution in [-0.4, -0.2) is 21.6 Å². The summed E-state index contributed by atoms with van der Waals surface area (Å²) in [5, 5.41) is 13.3. The summed E-state index contributed by atoms with van der Waals surface area (Å²) in [6.07, 6.45) is 3.04. The molecule has 0 aliphatic heterocycles. The molecule has 122 valence electrons. The van der Waals surface area contributed by atoms with Gasteiger partial charge in [0.2, 0.25) is 5.91 Å². The molecule has 0 unspecified atom stereocenters. The predicted molar refractivity (Wildman–Crippen MR) is 98.4 cm³/mol. The maximum absolute atomic E-state index is 12.2. The van der Waals surface area contributed by atoms with Gasteiger partial charge in [-0.1, -0.05) is 41.3 Å². The number of amides is 1. The number of fused-ring (bicyclic) bond motifs is 1. The topological polar surface area (TPSA) is 81.6 Å². The summed E-state index contributed by atoms with van der Waals surface area (Å²) in [5.41, 5.74) is 3.08. The summed E-state index contributed by atoms with van der Waals surface area (Å²) in [6.45, 7) is 1.89. The van der Waals surface area contributed by atoms with E-state index in [-0.39, 0.29) is 5.91 Å². The Kier molecular flexibility index (Phi) is 5.18. The minimum absolute atomic E-state index is 0.0501. The van der Waals surface area contributed by atoms with Crippen molar-refractivity contribution in [3.63, 3.8) is 0 Å². The van der Waals surface area contributed by atoms with Gasteiger partial charge in [-0.3, -0.25) is 4.79 Å². The molecule has 0 aliphatic carbocycles. The fourth-order valence-corrected chi connectivity index (χ4v) is 4.25. The maximum atomic E-state index is 12.2. The standard InChI is InChI=1S/C17H16N4OS2/c1-11-16(23-9-8-18)24-17(20-11)21-15(22)7-6-12-10-19-14-5-3-2-4-13(12)14/h2-5,10,19H,6-7,9H2,1H3,(H,20,21,22). The molecule has 24 heavy (non-hydrogen) atoms. The van der Waals surface area contributed by atoms with Crippen LogP contribution in [0, 0.1) is 18.3 Å². The zero-order chi connectivity index (χ0) is 16.9. The molecule has 2 heterocycles. The molecule has 3 rings (SSSR count). The average Bonchev–Trinajstić information content (AvgIpc) is 3.14. The van der Waals surface area contributed by atoms with Crippen LogP contribution in [0.5, 0.6) is 0 Å². The smallest absolute Gasteiger partial charge is 0.226 e. The number of rotatable bonds is 6. The number of anilines is 1. The first-order valence-electron chi connectivity index (χ1n) is 7.49. The second-order valence-electron chi connectivity index (χ2n) is 5.25. The highest BCUT2D eigenvalue weighted by Crippen LogP contribution is 2.31. The van der Waals surface area contributed by atoms with E-state index in [1.165, 1.54) is 23.1 Å². The number of hydrogen-bond donors (Lipinski definition) is 2. The normalized spacial score (nSPS) is 10.7. The second kappa shape index (κ2) is 7.51. The van der Waals surface area contributed by atoms with Crippen LogP contribution >= 0.6 is 23.1 Å². The highest BCUT2D eigenvalue weighted by atomic mass is 32.2. The van der Waals surface area contributed by atoms with Crippen molar-refractivity contribution in [3.05, 3.63) is 41.7 Å². The van der Waals surface area contributed by atoms with E-state index in [0.717, 1.165) is 26.4 Å². The molecule has 2 N–H and O–H groups in total. The van der Waals surface area contributed by atoms with Gasteiger partial charge >= 0.3 is 0 Å². The first-order valence-corrected chi connectivity index (χ1v) is 9.29. The number of carbonyl (C=O) groups excluding carboxylic acids is 1. The molecular weight excluding hydrogens is 340 g/mol. The van der Waals surface area contributed by atoms with Crippen LogP contribution in [-0.2, 0) is 11.2 Å². The number of benzene rings is 1. The highest BCUT2D eigenvalue weighted by molar-refractivity contribution is 8.01. The lowest BCUT2D eigenvalue weighted by molar-refractivity contribution is -0.116. The Morgan fingerprint density at radius 2 is 2.29 bits per heavy atom. The number of thiazole rings is 1. The third-order valence-electron chi connectivity index (χ3n) is 3.56. The van der Waals surface area contributed by atoms with E-state index in [0.29, 0.717) is 23.7 Å². The van der Waals surface area contributed by atoms with Crippen molar-refractivity contribution in [2.24, 2.45) is 0 Å². The van der Waals surface area contributed by atoms with Crippen LogP contribution in [0.15, 0.2) is 34.7 Å². The number of H-pyrrole nitrogens is 1. The van der Waals surface area contributed by atoms with Crippen LogP contribution in [0.4, 0.5) is 5.13 Å². The molecule has 0 atom stereocenters. The van der Waals surface area contributed by atoms with Crippen LogP contribution in [0.3, 0.4) is 0 Å². The Bertz CT molecular complexity index is 907. The summed E-state index contributed by atoms with van der Waals surface area (Å²) in [7, 11) is 0. The van der Waals surface area contributed by atoms with Crippen molar-refractivity contribution in [3.8, 4) is 6.07 Å². The molecule has 0 spiro atoms. The van der Waals surface area contributed by atoms with E-state index in [2.05, 4.69) is 27.4 Å². The molecular formula is C17H16N4OS2. The number of para-hydroxylation sites is 1. The van der Waals surface area contributed by atoms with E-state index in [1.807, 2.05) is 31.3 Å². The van der Waals surface area contributed by atoms with Crippen molar-refractivity contribution in [2.45, 2.75) is 24.0 Å². The molecule has 1 amide bonds. The van der Waals surface area contributed by atoms with E-state index in [9.17, 15) is 4.79 Å². The van der Waals surface area contributed by atoms with E-state index in [4.69, 9.17) is 5.26 Å². The molecule has 1 aromatic carbocycles. The summed E-state index contributed by atoms with van der Waals surface area (Å²) < 4.78 is 0.975. The van der Waals surface area contributed by atoms with E-state index >= 15 is 0 Å². The summed E-state index contributed by atoms with van der Waals surface area (Å²) >= 11 is 2.86. The Hall–Kier alpha value is -2.30. The predicted octanol–water partition coefficient (Wildman–Crippen LogP) is 4.12. The summed E-state index contributed by atoms with van der Waals surface area (Å²) in [6, 6.07) is 10.2. The van der Waals surface area contributed by atoms with Gasteiger partial charge in [-0.15, -0.1) is 0 Å². The minimum Gasteiger partial charge on any atom is -0.361 e. The number of aromatic nitrogens is 2. The van der Waals surface area contributed by atoms with Gasteiger partial charge in [0.25, 0.3) is 0 Å². The lowest BCUT2D eigenvalue weighted by Crippen LogP contribution is -2.12. The van der Waals surface area contributed by atoms with Gasteiger partial charge in [-0.25, -0.2) is 4.98 Å². The van der Waals surface area contributed by atoms with Crippen molar-refractivity contribution in [1.29, 1.82) is 5.26 Å². The molecule has 3 aromatic rings. The van der Waals surface area contributed by atoms with E-state index in [1.54, 1.807) is 0 Å². The maximum Gasteiger partial charge on any atom is 0.226 e. The average molecular weight is 356 g/mol. The van der Waals surface area contributed by atoms with Gasteiger partial charge in [0.15, 0.2) is 5.13 Å². The fourth-order valence-electron chi connectivity index (χ4n) is 2.44. The van der Waals surface area contributed by atoms with Crippen molar-refractivity contribution in [1.82, 2.24) is 9.97 Å². The lowest BCUT2D eigenvalue weighted by Gasteiger charge is -2.01. The third kappa shape index (κ3) is 3.78. The molecule has 2 aromatic heterocycles. The fraction of sp³-hybridized carbons (Fsp3) is 0.235. The molecule has 7 heteroatoms. The Morgan fingerprint density at radius 1 is 1.46 bits per heavy atom. The Labute approximate surface area is 148 Å². The molecule has 0 saturated carbocycles. The lowest BCUT2D eigenvalue weighted by atomic mass is 10.1. The number of hydrogen-bond acceptors (Lipinski definition) is 5.